The van der Waals surface area contributed by atoms with Crippen LogP contribution < -0.4 is 18.9 Å². The summed E-state index contributed by atoms with van der Waals surface area (Å²) in [5, 5.41) is 25.0. The zero-order chi connectivity index (χ0) is 35.4. The molecule has 0 unspecified atom stereocenters. The van der Waals surface area contributed by atoms with Crippen molar-refractivity contribution in [2.45, 2.75) is 53.4 Å². The molecule has 0 heterocycles. The van der Waals surface area contributed by atoms with E-state index in [2.05, 4.69) is 0 Å². The zero-order valence-corrected chi connectivity index (χ0v) is 28.1. The van der Waals surface area contributed by atoms with E-state index >= 15 is 0 Å². The molecule has 0 radical (unpaired) electrons. The summed E-state index contributed by atoms with van der Waals surface area (Å²) in [4.78, 5) is 51.4. The summed E-state index contributed by atoms with van der Waals surface area (Å²) >= 11 is 0. The first-order chi connectivity index (χ1) is 22.9. The highest BCUT2D eigenvalue weighted by Gasteiger charge is 2.34. The van der Waals surface area contributed by atoms with Gasteiger partial charge in [-0.3, -0.25) is 9.59 Å². The number of hydrogen-bond donors (Lipinski definition) is 2. The van der Waals surface area contributed by atoms with Crippen molar-refractivity contribution < 1.29 is 57.8 Å². The van der Waals surface area contributed by atoms with Gasteiger partial charge in [-0.15, -0.1) is 0 Å². The van der Waals surface area contributed by atoms with Crippen molar-refractivity contribution in [3.05, 3.63) is 46.5 Å². The predicted molar refractivity (Wildman–Crippen MR) is 177 cm³/mol. The average Bonchev–Trinajstić information content (AvgIpc) is 3.04. The normalized spacial score (nSPS) is 10.9. The fourth-order valence-electron chi connectivity index (χ4n) is 5.93. The van der Waals surface area contributed by atoms with Crippen LogP contribution in [0.1, 0.15) is 72.4 Å². The predicted octanol–water partition coefficient (Wildman–Crippen LogP) is 6.42. The monoisotopic (exact) mass is 662 g/mol. The van der Waals surface area contributed by atoms with Gasteiger partial charge in [-0.2, -0.15) is 0 Å². The summed E-state index contributed by atoms with van der Waals surface area (Å²) in [6.45, 7) is 6.20. The molecule has 0 aliphatic heterocycles. The summed E-state index contributed by atoms with van der Waals surface area (Å²) in [7, 11) is 5.11. The van der Waals surface area contributed by atoms with E-state index in [4.69, 9.17) is 28.4 Å². The van der Waals surface area contributed by atoms with Gasteiger partial charge in [0, 0.05) is 35.7 Å². The van der Waals surface area contributed by atoms with Crippen molar-refractivity contribution in [3.63, 3.8) is 0 Å². The number of fused-ring (bicyclic) bond motifs is 2. The summed E-state index contributed by atoms with van der Waals surface area (Å²) < 4.78 is 32.4. The molecular formula is C36H38O12. The van der Waals surface area contributed by atoms with Crippen molar-refractivity contribution in [1.82, 2.24) is 0 Å². The van der Waals surface area contributed by atoms with Gasteiger partial charge in [0.2, 0.25) is 0 Å². The molecule has 12 heteroatoms. The third-order valence-electron chi connectivity index (χ3n) is 7.83. The lowest BCUT2D eigenvalue weighted by Crippen LogP contribution is -2.12. The molecule has 0 aliphatic carbocycles. The van der Waals surface area contributed by atoms with Crippen molar-refractivity contribution in [2.24, 2.45) is 0 Å². The second-order valence-electron chi connectivity index (χ2n) is 10.9. The lowest BCUT2D eigenvalue weighted by Gasteiger charge is -2.23. The number of phenolic OH excluding ortho intramolecular Hbond substituents is 2. The molecular weight excluding hydrogens is 624 g/mol. The van der Waals surface area contributed by atoms with Crippen LogP contribution in [0, 0.1) is 0 Å². The van der Waals surface area contributed by atoms with Crippen LogP contribution in [0.2, 0.25) is 0 Å². The third-order valence-corrected chi connectivity index (χ3v) is 7.83. The first-order valence-corrected chi connectivity index (χ1v) is 15.2. The van der Waals surface area contributed by atoms with Crippen molar-refractivity contribution in [1.29, 1.82) is 0 Å². The summed E-state index contributed by atoms with van der Waals surface area (Å²) in [6, 6.07) is 6.51. The van der Waals surface area contributed by atoms with E-state index < -0.39 is 46.5 Å². The largest absolute Gasteiger partial charge is 0.506 e. The Morgan fingerprint density at radius 3 is 1.21 bits per heavy atom. The van der Waals surface area contributed by atoms with Crippen LogP contribution in [-0.4, -0.2) is 62.5 Å². The topological polar surface area (TPSA) is 164 Å². The van der Waals surface area contributed by atoms with Gasteiger partial charge in [-0.25, -0.2) is 9.59 Å². The highest BCUT2D eigenvalue weighted by molar-refractivity contribution is 6.20. The van der Waals surface area contributed by atoms with Crippen LogP contribution in [0.25, 0.3) is 32.7 Å². The van der Waals surface area contributed by atoms with E-state index in [9.17, 15) is 29.4 Å². The Kier molecular flexibility index (Phi) is 10.7. The van der Waals surface area contributed by atoms with Crippen LogP contribution in [0.15, 0.2) is 24.3 Å². The van der Waals surface area contributed by atoms with E-state index in [1.165, 1.54) is 14.2 Å². The van der Waals surface area contributed by atoms with Crippen LogP contribution >= 0.6 is 0 Å². The van der Waals surface area contributed by atoms with E-state index in [0.29, 0.717) is 48.3 Å². The van der Waals surface area contributed by atoms with Gasteiger partial charge in [0.25, 0.3) is 0 Å². The number of esters is 4. The smallest absolute Gasteiger partial charge is 0.345 e. The standard InChI is InChI=1S/C36H38O12/c1-9-11-19-13-21-23(15-25(19)43-5)33(47-17(3)37)29(35(41)45-7)31(39)27(21)28-22-14-20(12-10-2)26(44-6)16-24(22)34(48-18(4)38)30(32(28)40)36(42)46-8/h13-16,39-40H,9-12H2,1-8H3. The molecule has 0 aromatic heterocycles. The highest BCUT2D eigenvalue weighted by atomic mass is 16.6. The molecule has 12 nitrogen and oxygen atoms in total. The van der Waals surface area contributed by atoms with Gasteiger partial charge in [0.05, 0.1) is 28.4 Å². The van der Waals surface area contributed by atoms with Crippen LogP contribution in [0.4, 0.5) is 0 Å². The Balaban J connectivity index is 2.44. The Morgan fingerprint density at radius 2 is 0.938 bits per heavy atom. The van der Waals surface area contributed by atoms with Crippen molar-refractivity contribution >= 4 is 45.4 Å². The molecule has 0 atom stereocenters. The molecule has 0 aliphatic rings. The quantitative estimate of drug-likeness (QED) is 0.134. The number of aryl methyl sites for hydroxylation is 2. The number of benzene rings is 4. The minimum atomic E-state index is -1.05. The molecule has 0 fully saturated rings. The van der Waals surface area contributed by atoms with E-state index in [1.54, 1.807) is 24.3 Å². The fraction of sp³-hybridized carbons (Fsp3) is 0.333. The maximum Gasteiger partial charge on any atom is 0.345 e. The van der Waals surface area contributed by atoms with Gasteiger partial charge in [0.15, 0.2) is 11.5 Å². The SMILES string of the molecule is CCCc1cc2c(-c3c(O)c(C(=O)OC)c(OC(C)=O)c4cc(OC)c(CCC)cc34)c(O)c(C(=O)OC)c(OC(C)=O)c2cc1OC. The molecule has 4 aromatic carbocycles. The van der Waals surface area contributed by atoms with Crippen LogP contribution in [0.3, 0.4) is 0 Å². The Morgan fingerprint density at radius 1 is 0.583 bits per heavy atom. The minimum Gasteiger partial charge on any atom is -0.506 e. The maximum atomic E-state index is 13.3. The number of methoxy groups -OCH3 is 4. The minimum absolute atomic E-state index is 0.101. The fourth-order valence-corrected chi connectivity index (χ4v) is 5.93. The Hall–Kier alpha value is -5.52. The average molecular weight is 663 g/mol. The molecule has 0 bridgehead atoms. The Bertz CT molecular complexity index is 1820. The molecule has 4 rings (SSSR count). The molecule has 0 spiro atoms. The van der Waals surface area contributed by atoms with E-state index in [0.717, 1.165) is 28.1 Å². The highest BCUT2D eigenvalue weighted by Crippen LogP contribution is 2.55. The number of ether oxygens (including phenoxy) is 6. The number of carbonyl (C=O) groups excluding carboxylic acids is 4. The van der Waals surface area contributed by atoms with Gasteiger partial charge in [-0.1, -0.05) is 26.7 Å². The van der Waals surface area contributed by atoms with Crippen LogP contribution in [0.5, 0.6) is 34.5 Å². The lowest BCUT2D eigenvalue weighted by molar-refractivity contribution is -0.132. The third kappa shape index (κ3) is 6.25. The number of rotatable bonds is 11. The lowest BCUT2D eigenvalue weighted by atomic mass is 9.85. The number of carbonyl (C=O) groups is 4. The first-order valence-electron chi connectivity index (χ1n) is 15.2. The summed E-state index contributed by atoms with van der Waals surface area (Å²) in [5.41, 5.74) is 0.175. The Labute approximate surface area is 277 Å². The molecule has 0 saturated carbocycles. The van der Waals surface area contributed by atoms with E-state index in [-0.39, 0.29) is 44.2 Å². The number of aromatic hydroxyl groups is 2. The molecule has 0 amide bonds. The first kappa shape index (κ1) is 35.3. The molecule has 254 valence electrons. The molecule has 4 aromatic rings. The molecule has 0 saturated heterocycles. The molecule has 48 heavy (non-hydrogen) atoms. The van der Waals surface area contributed by atoms with Gasteiger partial charge in [-0.05, 0) is 59.0 Å². The second kappa shape index (κ2) is 14.5. The summed E-state index contributed by atoms with van der Waals surface area (Å²) in [5.74, 6) is -4.86. The second-order valence-corrected chi connectivity index (χ2v) is 10.9. The van der Waals surface area contributed by atoms with Gasteiger partial charge in [0.1, 0.15) is 34.1 Å². The van der Waals surface area contributed by atoms with Gasteiger partial charge < -0.3 is 38.6 Å². The van der Waals surface area contributed by atoms with Gasteiger partial charge >= 0.3 is 23.9 Å². The maximum absolute atomic E-state index is 13.3. The summed E-state index contributed by atoms with van der Waals surface area (Å²) in [6.07, 6.45) is 2.48. The van der Waals surface area contributed by atoms with Crippen molar-refractivity contribution in [3.8, 4) is 45.6 Å². The number of phenols is 2. The van der Waals surface area contributed by atoms with Crippen molar-refractivity contribution in [2.75, 3.05) is 28.4 Å². The van der Waals surface area contributed by atoms with E-state index in [1.807, 2.05) is 13.8 Å². The number of hydrogen-bond acceptors (Lipinski definition) is 12. The molecule has 2 N–H and O–H groups in total. The zero-order valence-electron chi connectivity index (χ0n) is 28.1. The van der Waals surface area contributed by atoms with Crippen LogP contribution in [-0.2, 0) is 31.9 Å².